The topological polar surface area (TPSA) is 29.3 Å². The molecule has 2 rings (SSSR count). The second-order valence-electron chi connectivity index (χ2n) is 5.43. The maximum Gasteiger partial charge on any atom is 0.0471 e. The van der Waals surface area contributed by atoms with E-state index in [4.69, 9.17) is 17.3 Å². The molecular formula is C13H19ClN2. The molecule has 0 aromatic heterocycles. The van der Waals surface area contributed by atoms with Crippen molar-refractivity contribution >= 4 is 17.3 Å². The highest BCUT2D eigenvalue weighted by molar-refractivity contribution is 6.31. The molecule has 3 heteroatoms. The highest BCUT2D eigenvalue weighted by Crippen LogP contribution is 2.32. The number of benzene rings is 1. The van der Waals surface area contributed by atoms with Gasteiger partial charge in [-0.2, -0.15) is 0 Å². The third-order valence-corrected chi connectivity index (χ3v) is 3.65. The summed E-state index contributed by atoms with van der Waals surface area (Å²) in [5.74, 6) is 0. The summed E-state index contributed by atoms with van der Waals surface area (Å²) in [7, 11) is 0. The summed E-state index contributed by atoms with van der Waals surface area (Å²) in [5.41, 5.74) is 8.26. The number of hydrogen-bond acceptors (Lipinski definition) is 2. The molecule has 1 aliphatic rings. The van der Waals surface area contributed by atoms with Gasteiger partial charge in [0.05, 0.1) is 0 Å². The van der Waals surface area contributed by atoms with Crippen molar-refractivity contribution in [1.29, 1.82) is 0 Å². The lowest BCUT2D eigenvalue weighted by molar-refractivity contribution is 0.285. The number of nitrogens with zero attached hydrogens (tertiary/aromatic N) is 1. The predicted molar refractivity (Wildman–Crippen MR) is 69.5 cm³/mol. The summed E-state index contributed by atoms with van der Waals surface area (Å²) in [6, 6.07) is 5.73. The Morgan fingerprint density at radius 1 is 1.44 bits per heavy atom. The molecule has 1 aromatic rings. The molecular weight excluding hydrogens is 220 g/mol. The summed E-state index contributed by atoms with van der Waals surface area (Å²) in [5, 5.41) is 0.782. The standard InChI is InChI=1S/C13H19ClN2/c1-13(2)6-7-16(9-13)8-10-11(14)4-3-5-12(10)15/h3-5H,6-9,15H2,1-2H3. The van der Waals surface area contributed by atoms with Crippen molar-refractivity contribution in [1.82, 2.24) is 4.90 Å². The molecule has 0 atom stereocenters. The summed E-state index contributed by atoms with van der Waals surface area (Å²) in [6.45, 7) is 7.75. The largest absolute Gasteiger partial charge is 0.398 e. The SMILES string of the molecule is CC1(C)CCN(Cc2c(N)cccc2Cl)C1. The monoisotopic (exact) mass is 238 g/mol. The van der Waals surface area contributed by atoms with Gasteiger partial charge in [-0.25, -0.2) is 0 Å². The smallest absolute Gasteiger partial charge is 0.0471 e. The van der Waals surface area contributed by atoms with Crippen LogP contribution in [0.5, 0.6) is 0 Å². The molecule has 2 nitrogen and oxygen atoms in total. The quantitative estimate of drug-likeness (QED) is 0.802. The molecule has 16 heavy (non-hydrogen) atoms. The third-order valence-electron chi connectivity index (χ3n) is 3.29. The maximum absolute atomic E-state index is 6.17. The van der Waals surface area contributed by atoms with E-state index < -0.39 is 0 Å². The first-order valence-electron chi connectivity index (χ1n) is 5.73. The first kappa shape index (κ1) is 11.7. The molecule has 0 aliphatic carbocycles. The molecule has 0 radical (unpaired) electrons. The molecule has 1 heterocycles. The molecule has 0 spiro atoms. The molecule has 0 saturated carbocycles. The Balaban J connectivity index is 2.11. The van der Waals surface area contributed by atoms with Crippen molar-refractivity contribution in [3.63, 3.8) is 0 Å². The minimum Gasteiger partial charge on any atom is -0.398 e. The number of nitrogens with two attached hydrogens (primary N) is 1. The van der Waals surface area contributed by atoms with Gasteiger partial charge in [0.2, 0.25) is 0 Å². The number of halogens is 1. The van der Waals surface area contributed by atoms with E-state index in [9.17, 15) is 0 Å². The van der Waals surface area contributed by atoms with E-state index >= 15 is 0 Å². The Morgan fingerprint density at radius 3 is 2.75 bits per heavy atom. The average Bonchev–Trinajstić information content (AvgIpc) is 2.52. The zero-order valence-corrected chi connectivity index (χ0v) is 10.7. The van der Waals surface area contributed by atoms with Gasteiger partial charge >= 0.3 is 0 Å². The second kappa shape index (κ2) is 4.27. The van der Waals surface area contributed by atoms with Crippen LogP contribution in [0.2, 0.25) is 5.02 Å². The van der Waals surface area contributed by atoms with Gasteiger partial charge in [0.1, 0.15) is 0 Å². The van der Waals surface area contributed by atoms with Crippen molar-refractivity contribution in [2.75, 3.05) is 18.8 Å². The minimum atomic E-state index is 0.427. The van der Waals surface area contributed by atoms with E-state index in [0.29, 0.717) is 5.41 Å². The van der Waals surface area contributed by atoms with Gasteiger partial charge in [0, 0.05) is 29.4 Å². The Hall–Kier alpha value is -0.730. The highest BCUT2D eigenvalue weighted by atomic mass is 35.5. The van der Waals surface area contributed by atoms with Gasteiger partial charge < -0.3 is 5.73 Å². The van der Waals surface area contributed by atoms with Crippen LogP contribution in [0.1, 0.15) is 25.8 Å². The molecule has 1 fully saturated rings. The molecule has 1 aliphatic heterocycles. The third kappa shape index (κ3) is 2.50. The molecule has 1 aromatic carbocycles. The normalized spacial score (nSPS) is 20.2. The second-order valence-corrected chi connectivity index (χ2v) is 5.84. The summed E-state index contributed by atoms with van der Waals surface area (Å²) >= 11 is 6.17. The van der Waals surface area contributed by atoms with Crippen molar-refractivity contribution in [2.45, 2.75) is 26.8 Å². The Labute approximate surface area is 102 Å². The van der Waals surface area contributed by atoms with Gasteiger partial charge in [-0.3, -0.25) is 4.90 Å². The van der Waals surface area contributed by atoms with Crippen LogP contribution in [0.15, 0.2) is 18.2 Å². The van der Waals surface area contributed by atoms with E-state index in [2.05, 4.69) is 18.7 Å². The van der Waals surface area contributed by atoms with Crippen molar-refractivity contribution in [3.8, 4) is 0 Å². The van der Waals surface area contributed by atoms with Gasteiger partial charge in [-0.1, -0.05) is 31.5 Å². The van der Waals surface area contributed by atoms with Crippen molar-refractivity contribution in [2.24, 2.45) is 5.41 Å². The number of anilines is 1. The molecule has 0 amide bonds. The fourth-order valence-corrected chi connectivity index (χ4v) is 2.57. The van der Waals surface area contributed by atoms with Crippen molar-refractivity contribution in [3.05, 3.63) is 28.8 Å². The van der Waals surface area contributed by atoms with Crippen LogP contribution in [0.4, 0.5) is 5.69 Å². The van der Waals surface area contributed by atoms with Crippen molar-refractivity contribution < 1.29 is 0 Å². The number of likely N-dealkylation sites (tertiary alicyclic amines) is 1. The summed E-state index contributed by atoms with van der Waals surface area (Å²) in [4.78, 5) is 2.43. The highest BCUT2D eigenvalue weighted by Gasteiger charge is 2.29. The molecule has 0 unspecified atom stereocenters. The van der Waals surface area contributed by atoms with Gasteiger partial charge in [-0.15, -0.1) is 0 Å². The molecule has 2 N–H and O–H groups in total. The van der Waals surface area contributed by atoms with E-state index in [0.717, 1.165) is 35.9 Å². The Bertz CT molecular complexity index is 367. The van der Waals surface area contributed by atoms with E-state index in [1.54, 1.807) is 0 Å². The number of rotatable bonds is 2. The van der Waals surface area contributed by atoms with Crippen LogP contribution < -0.4 is 5.73 Å². The van der Waals surface area contributed by atoms with Gasteiger partial charge in [0.25, 0.3) is 0 Å². The summed E-state index contributed by atoms with van der Waals surface area (Å²) < 4.78 is 0. The lowest BCUT2D eigenvalue weighted by Gasteiger charge is -2.20. The lowest BCUT2D eigenvalue weighted by atomic mass is 9.93. The van der Waals surface area contributed by atoms with Gasteiger partial charge in [-0.05, 0) is 30.5 Å². The van der Waals surface area contributed by atoms with Crippen LogP contribution in [0.25, 0.3) is 0 Å². The maximum atomic E-state index is 6.17. The molecule has 88 valence electrons. The van der Waals surface area contributed by atoms with Crippen LogP contribution in [-0.4, -0.2) is 18.0 Å². The van der Waals surface area contributed by atoms with Crippen LogP contribution in [0, 0.1) is 5.41 Å². The fraction of sp³-hybridized carbons (Fsp3) is 0.538. The first-order valence-corrected chi connectivity index (χ1v) is 6.11. The Morgan fingerprint density at radius 2 is 2.19 bits per heavy atom. The number of nitrogen functional groups attached to an aromatic ring is 1. The van der Waals surface area contributed by atoms with Crippen LogP contribution >= 0.6 is 11.6 Å². The van der Waals surface area contributed by atoms with E-state index in [1.165, 1.54) is 6.42 Å². The molecule has 0 bridgehead atoms. The van der Waals surface area contributed by atoms with Gasteiger partial charge in [0.15, 0.2) is 0 Å². The Kier molecular flexibility index (Phi) is 3.13. The fourth-order valence-electron chi connectivity index (χ4n) is 2.32. The number of hydrogen-bond donors (Lipinski definition) is 1. The first-order chi connectivity index (χ1) is 7.48. The zero-order valence-electron chi connectivity index (χ0n) is 9.96. The molecule has 1 saturated heterocycles. The van der Waals surface area contributed by atoms with Crippen LogP contribution in [-0.2, 0) is 6.54 Å². The minimum absolute atomic E-state index is 0.427. The van der Waals surface area contributed by atoms with E-state index in [-0.39, 0.29) is 0 Å². The summed E-state index contributed by atoms with van der Waals surface area (Å²) in [6.07, 6.45) is 1.25. The predicted octanol–water partition coefficient (Wildman–Crippen LogP) is 3.15. The average molecular weight is 239 g/mol. The van der Waals surface area contributed by atoms with Crippen LogP contribution in [0.3, 0.4) is 0 Å². The lowest BCUT2D eigenvalue weighted by Crippen LogP contribution is -2.23. The zero-order chi connectivity index (χ0) is 11.8. The van der Waals surface area contributed by atoms with E-state index in [1.807, 2.05) is 18.2 Å².